The van der Waals surface area contributed by atoms with E-state index in [-0.39, 0.29) is 48.6 Å². The van der Waals surface area contributed by atoms with E-state index >= 15 is 0 Å². The van der Waals surface area contributed by atoms with Crippen LogP contribution >= 0.6 is 11.6 Å². The van der Waals surface area contributed by atoms with Gasteiger partial charge in [-0.05, 0) is 49.3 Å². The minimum absolute atomic E-state index is 0.0474. The van der Waals surface area contributed by atoms with Gasteiger partial charge >= 0.3 is 0 Å². The average Bonchev–Trinajstić information content (AvgIpc) is 3.27. The molecule has 1 atom stereocenters. The molecule has 36 heavy (non-hydrogen) atoms. The Labute approximate surface area is 216 Å². The summed E-state index contributed by atoms with van der Waals surface area (Å²) in [5.41, 5.74) is 1.04. The number of ether oxygens (including phenoxy) is 1. The number of halogens is 1. The molecule has 3 amide bonds. The van der Waals surface area contributed by atoms with Gasteiger partial charge in [-0.1, -0.05) is 44.5 Å². The molecule has 2 heterocycles. The predicted molar refractivity (Wildman–Crippen MR) is 136 cm³/mol. The molecule has 0 bridgehead atoms. The Hall–Kier alpha value is -3.07. The maximum absolute atomic E-state index is 13.2. The largest absolute Gasteiger partial charge is 0.491 e. The van der Waals surface area contributed by atoms with E-state index < -0.39 is 0 Å². The lowest BCUT2D eigenvalue weighted by molar-refractivity contribution is -0.123. The summed E-state index contributed by atoms with van der Waals surface area (Å²) in [5, 5.41) is 10.3. The number of nitrogens with one attached hydrogen (secondary N) is 2. The summed E-state index contributed by atoms with van der Waals surface area (Å²) in [6.45, 7) is 8.80. The van der Waals surface area contributed by atoms with E-state index in [1.807, 2.05) is 13.8 Å². The standard InChI is InChI=1S/C26H35ClN4O5/c1-16(2)11-19-13-23(36-30-19)26(34)31-10-6-5-9-28-25(33)20-12-18(27)7-8-22(20)35-15-21(17(3)4)29-24(32)14-31/h7-8,12-13,16-17,21H,5-6,9-11,14-15H2,1-4H3,(H,28,33)(H,29,32)/t21-/m1/s1. The monoisotopic (exact) mass is 518 g/mol. The molecule has 1 aliphatic heterocycles. The van der Waals surface area contributed by atoms with Gasteiger partial charge in [0, 0.05) is 24.2 Å². The minimum atomic E-state index is -0.389. The number of hydrogen-bond acceptors (Lipinski definition) is 6. The van der Waals surface area contributed by atoms with Gasteiger partial charge in [0.1, 0.15) is 12.4 Å². The third-order valence-electron chi connectivity index (χ3n) is 5.90. The Balaban J connectivity index is 1.79. The first-order chi connectivity index (χ1) is 17.1. The van der Waals surface area contributed by atoms with Crippen LogP contribution in [0.25, 0.3) is 0 Å². The summed E-state index contributed by atoms with van der Waals surface area (Å²) >= 11 is 6.12. The highest BCUT2D eigenvalue weighted by molar-refractivity contribution is 6.31. The third-order valence-corrected chi connectivity index (χ3v) is 6.14. The number of carbonyl (C=O) groups is 3. The van der Waals surface area contributed by atoms with E-state index in [1.54, 1.807) is 24.3 Å². The molecule has 3 rings (SSSR count). The van der Waals surface area contributed by atoms with Gasteiger partial charge in [0.25, 0.3) is 11.8 Å². The number of rotatable bonds is 4. The molecule has 0 fully saturated rings. The maximum atomic E-state index is 13.2. The van der Waals surface area contributed by atoms with Crippen LogP contribution in [-0.2, 0) is 11.2 Å². The van der Waals surface area contributed by atoms with Crippen LogP contribution in [0.3, 0.4) is 0 Å². The number of hydrogen-bond donors (Lipinski definition) is 2. The molecule has 196 valence electrons. The number of fused-ring (bicyclic) bond motifs is 1. The summed E-state index contributed by atoms with van der Waals surface area (Å²) < 4.78 is 11.3. The molecule has 1 aliphatic rings. The Bertz CT molecular complexity index is 1070. The second-order valence-electron chi connectivity index (χ2n) is 9.84. The molecule has 0 saturated heterocycles. The molecular formula is C26H35ClN4O5. The summed E-state index contributed by atoms with van der Waals surface area (Å²) in [6.07, 6.45) is 1.89. The molecule has 0 aliphatic carbocycles. The second-order valence-corrected chi connectivity index (χ2v) is 10.3. The zero-order valence-corrected chi connectivity index (χ0v) is 22.1. The first kappa shape index (κ1) is 27.5. The topological polar surface area (TPSA) is 114 Å². The quantitative estimate of drug-likeness (QED) is 0.637. The van der Waals surface area contributed by atoms with E-state index in [0.29, 0.717) is 60.3 Å². The van der Waals surface area contributed by atoms with Gasteiger partial charge in [0.05, 0.1) is 23.8 Å². The highest BCUT2D eigenvalue weighted by atomic mass is 35.5. The minimum Gasteiger partial charge on any atom is -0.491 e. The van der Waals surface area contributed by atoms with Gasteiger partial charge in [-0.2, -0.15) is 0 Å². The molecule has 0 unspecified atom stereocenters. The first-order valence-corrected chi connectivity index (χ1v) is 12.8. The number of amides is 3. The second kappa shape index (κ2) is 12.8. The summed E-state index contributed by atoms with van der Waals surface area (Å²) in [6, 6.07) is 6.18. The van der Waals surface area contributed by atoms with E-state index in [4.69, 9.17) is 20.9 Å². The van der Waals surface area contributed by atoms with E-state index in [9.17, 15) is 14.4 Å². The average molecular weight is 519 g/mol. The van der Waals surface area contributed by atoms with Crippen molar-refractivity contribution in [3.05, 3.63) is 46.3 Å². The number of aromatic nitrogens is 1. The molecule has 0 spiro atoms. The van der Waals surface area contributed by atoms with Crippen LogP contribution in [0.5, 0.6) is 5.75 Å². The Morgan fingerprint density at radius 1 is 1.19 bits per heavy atom. The van der Waals surface area contributed by atoms with Crippen molar-refractivity contribution in [3.63, 3.8) is 0 Å². The first-order valence-electron chi connectivity index (χ1n) is 12.4. The van der Waals surface area contributed by atoms with Gasteiger partial charge in [-0.25, -0.2) is 0 Å². The normalized spacial score (nSPS) is 18.1. The molecule has 2 aromatic rings. The van der Waals surface area contributed by atoms with Crippen LogP contribution in [-0.4, -0.2) is 60.1 Å². The molecule has 2 N–H and O–H groups in total. The number of nitrogens with zero attached hydrogens (tertiary/aromatic N) is 2. The fraction of sp³-hybridized carbons (Fsp3) is 0.538. The van der Waals surface area contributed by atoms with Gasteiger partial charge in [0.2, 0.25) is 11.7 Å². The van der Waals surface area contributed by atoms with Crippen LogP contribution in [0.15, 0.2) is 28.8 Å². The maximum Gasteiger partial charge on any atom is 0.292 e. The lowest BCUT2D eigenvalue weighted by Gasteiger charge is -2.26. The van der Waals surface area contributed by atoms with Crippen molar-refractivity contribution in [1.29, 1.82) is 0 Å². The molecular weight excluding hydrogens is 484 g/mol. The van der Waals surface area contributed by atoms with Crippen molar-refractivity contribution < 1.29 is 23.6 Å². The van der Waals surface area contributed by atoms with E-state index in [1.165, 1.54) is 4.90 Å². The van der Waals surface area contributed by atoms with Crippen molar-refractivity contribution in [2.24, 2.45) is 11.8 Å². The molecule has 1 aromatic carbocycles. The van der Waals surface area contributed by atoms with Crippen LogP contribution in [0.1, 0.15) is 67.1 Å². The van der Waals surface area contributed by atoms with Gasteiger partial charge in [-0.15, -0.1) is 0 Å². The predicted octanol–water partition coefficient (Wildman–Crippen LogP) is 3.71. The van der Waals surface area contributed by atoms with Crippen molar-refractivity contribution in [3.8, 4) is 5.75 Å². The van der Waals surface area contributed by atoms with Crippen LogP contribution in [0, 0.1) is 11.8 Å². The molecule has 9 nitrogen and oxygen atoms in total. The van der Waals surface area contributed by atoms with Crippen LogP contribution < -0.4 is 15.4 Å². The van der Waals surface area contributed by atoms with Crippen LogP contribution in [0.2, 0.25) is 5.02 Å². The van der Waals surface area contributed by atoms with Gasteiger partial charge in [0.15, 0.2) is 0 Å². The number of benzene rings is 1. The Morgan fingerprint density at radius 2 is 1.97 bits per heavy atom. The Kier molecular flexibility index (Phi) is 9.75. The molecule has 0 radical (unpaired) electrons. The summed E-state index contributed by atoms with van der Waals surface area (Å²) in [4.78, 5) is 40.4. The lowest BCUT2D eigenvalue weighted by Crippen LogP contribution is -2.48. The van der Waals surface area contributed by atoms with E-state index in [0.717, 1.165) is 0 Å². The van der Waals surface area contributed by atoms with Gasteiger partial charge < -0.3 is 24.8 Å². The zero-order valence-electron chi connectivity index (χ0n) is 21.3. The highest BCUT2D eigenvalue weighted by Gasteiger charge is 2.26. The SMILES string of the molecule is CC(C)Cc1cc(C(=O)N2CCCCNC(=O)c3cc(Cl)ccc3OC[C@H](C(C)C)NC(=O)C2)on1. The van der Waals surface area contributed by atoms with Gasteiger partial charge in [-0.3, -0.25) is 14.4 Å². The van der Waals surface area contributed by atoms with Crippen molar-refractivity contribution in [1.82, 2.24) is 20.7 Å². The summed E-state index contributed by atoms with van der Waals surface area (Å²) in [7, 11) is 0. The van der Waals surface area contributed by atoms with Crippen molar-refractivity contribution >= 4 is 29.3 Å². The van der Waals surface area contributed by atoms with Crippen LogP contribution in [0.4, 0.5) is 0 Å². The third kappa shape index (κ3) is 7.71. The van der Waals surface area contributed by atoms with E-state index in [2.05, 4.69) is 29.6 Å². The lowest BCUT2D eigenvalue weighted by atomic mass is 10.1. The van der Waals surface area contributed by atoms with Crippen molar-refractivity contribution in [2.45, 2.75) is 53.0 Å². The molecule has 10 heteroatoms. The van der Waals surface area contributed by atoms with Crippen molar-refractivity contribution in [2.75, 3.05) is 26.2 Å². The number of carbonyl (C=O) groups excluding carboxylic acids is 3. The zero-order chi connectivity index (χ0) is 26.2. The fourth-order valence-electron chi connectivity index (χ4n) is 3.87. The fourth-order valence-corrected chi connectivity index (χ4v) is 4.04. The Morgan fingerprint density at radius 3 is 2.69 bits per heavy atom. The molecule has 0 saturated carbocycles. The summed E-state index contributed by atoms with van der Waals surface area (Å²) in [5.74, 6) is -0.0544. The molecule has 1 aromatic heterocycles. The highest BCUT2D eigenvalue weighted by Crippen LogP contribution is 2.24. The smallest absolute Gasteiger partial charge is 0.292 e.